The van der Waals surface area contributed by atoms with E-state index in [-0.39, 0.29) is 5.56 Å². The molecule has 0 spiro atoms. The van der Waals surface area contributed by atoms with Gasteiger partial charge >= 0.3 is 0 Å². The number of aromatic nitrogens is 1. The molecule has 0 aliphatic heterocycles. The molecule has 66 valence electrons. The van der Waals surface area contributed by atoms with Crippen LogP contribution in [0.25, 0.3) is 0 Å². The molecule has 3 heteroatoms. The first kappa shape index (κ1) is 9.00. The monoisotopic (exact) mass is 166 g/mol. The third kappa shape index (κ3) is 1.41. The molecule has 1 aromatic heterocycles. The van der Waals surface area contributed by atoms with E-state index < -0.39 is 0 Å². The van der Waals surface area contributed by atoms with Gasteiger partial charge in [-0.1, -0.05) is 6.07 Å². The van der Waals surface area contributed by atoms with E-state index in [2.05, 4.69) is 0 Å². The van der Waals surface area contributed by atoms with Crippen molar-refractivity contribution in [3.05, 3.63) is 33.7 Å². The highest BCUT2D eigenvalue weighted by Gasteiger charge is 2.01. The molecule has 0 aliphatic rings. The number of nitrogens with zero attached hydrogens (tertiary/aromatic N) is 1. The van der Waals surface area contributed by atoms with Crippen molar-refractivity contribution in [3.8, 4) is 0 Å². The molecule has 1 heterocycles. The lowest BCUT2D eigenvalue weighted by Gasteiger charge is -2.09. The molecule has 0 bridgehead atoms. The zero-order chi connectivity index (χ0) is 9.14. The zero-order valence-corrected chi connectivity index (χ0v) is 7.50. The Hall–Kier alpha value is -1.09. The molecule has 1 aromatic rings. The van der Waals surface area contributed by atoms with Crippen molar-refractivity contribution in [1.29, 1.82) is 0 Å². The second-order valence-corrected chi connectivity index (χ2v) is 2.73. The van der Waals surface area contributed by atoms with Gasteiger partial charge in [0, 0.05) is 24.8 Å². The molecule has 3 nitrogen and oxygen atoms in total. The maximum Gasteiger partial charge on any atom is 0.250 e. The molecule has 12 heavy (non-hydrogen) atoms. The lowest BCUT2D eigenvalue weighted by atomic mass is 10.2. The SMILES string of the molecule is CCn1c(C)c(CN)ccc1=O. The minimum atomic E-state index is 0.0483. The molecule has 0 amide bonds. The Kier molecular flexibility index (Phi) is 2.65. The fourth-order valence-corrected chi connectivity index (χ4v) is 1.33. The van der Waals surface area contributed by atoms with Gasteiger partial charge in [0.15, 0.2) is 0 Å². The van der Waals surface area contributed by atoms with E-state index >= 15 is 0 Å². The number of hydrogen-bond acceptors (Lipinski definition) is 2. The van der Waals surface area contributed by atoms with Gasteiger partial charge in [-0.05, 0) is 19.4 Å². The van der Waals surface area contributed by atoms with E-state index in [0.717, 1.165) is 11.3 Å². The van der Waals surface area contributed by atoms with Crippen LogP contribution in [0.1, 0.15) is 18.2 Å². The van der Waals surface area contributed by atoms with Crippen LogP contribution in [0.15, 0.2) is 16.9 Å². The summed E-state index contributed by atoms with van der Waals surface area (Å²) >= 11 is 0. The maximum absolute atomic E-state index is 11.3. The Balaban J connectivity index is 3.34. The third-order valence-corrected chi connectivity index (χ3v) is 2.10. The van der Waals surface area contributed by atoms with E-state index in [1.165, 1.54) is 0 Å². The van der Waals surface area contributed by atoms with Crippen molar-refractivity contribution in [3.63, 3.8) is 0 Å². The summed E-state index contributed by atoms with van der Waals surface area (Å²) in [4.78, 5) is 11.3. The first-order valence-corrected chi connectivity index (χ1v) is 4.10. The van der Waals surface area contributed by atoms with Crippen LogP contribution in [-0.2, 0) is 13.1 Å². The normalized spacial score (nSPS) is 10.2. The smallest absolute Gasteiger partial charge is 0.250 e. The van der Waals surface area contributed by atoms with Crippen LogP contribution in [-0.4, -0.2) is 4.57 Å². The van der Waals surface area contributed by atoms with Gasteiger partial charge in [-0.25, -0.2) is 0 Å². The van der Waals surface area contributed by atoms with Gasteiger partial charge in [-0.2, -0.15) is 0 Å². The van der Waals surface area contributed by atoms with Crippen LogP contribution in [0.4, 0.5) is 0 Å². The molecule has 1 rings (SSSR count). The highest BCUT2D eigenvalue weighted by molar-refractivity contribution is 5.19. The average Bonchev–Trinajstić information content (AvgIpc) is 2.06. The van der Waals surface area contributed by atoms with E-state index in [4.69, 9.17) is 5.73 Å². The van der Waals surface area contributed by atoms with Crippen LogP contribution in [0, 0.1) is 6.92 Å². The summed E-state index contributed by atoms with van der Waals surface area (Å²) in [7, 11) is 0. The summed E-state index contributed by atoms with van der Waals surface area (Å²) < 4.78 is 1.72. The van der Waals surface area contributed by atoms with Crippen molar-refractivity contribution < 1.29 is 0 Å². The Morgan fingerprint density at radius 2 is 2.17 bits per heavy atom. The Bertz CT molecular complexity index is 328. The molecule has 0 atom stereocenters. The average molecular weight is 166 g/mol. The van der Waals surface area contributed by atoms with Crippen LogP contribution >= 0.6 is 0 Å². The van der Waals surface area contributed by atoms with Gasteiger partial charge in [0.25, 0.3) is 5.56 Å². The van der Waals surface area contributed by atoms with Gasteiger partial charge in [0.2, 0.25) is 0 Å². The summed E-state index contributed by atoms with van der Waals surface area (Å²) in [6.45, 7) is 5.08. The maximum atomic E-state index is 11.3. The number of rotatable bonds is 2. The van der Waals surface area contributed by atoms with E-state index in [1.807, 2.05) is 13.8 Å². The number of hydrogen-bond donors (Lipinski definition) is 1. The van der Waals surface area contributed by atoms with E-state index in [0.29, 0.717) is 13.1 Å². The Labute approximate surface area is 71.8 Å². The molecular formula is C9H14N2O. The predicted octanol–water partition coefficient (Wildman–Crippen LogP) is 0.635. The lowest BCUT2D eigenvalue weighted by Crippen LogP contribution is -2.22. The summed E-state index contributed by atoms with van der Waals surface area (Å²) in [5.74, 6) is 0. The molecule has 0 radical (unpaired) electrons. The second kappa shape index (κ2) is 3.54. The quantitative estimate of drug-likeness (QED) is 0.700. The topological polar surface area (TPSA) is 48.0 Å². The number of nitrogens with two attached hydrogens (primary N) is 1. The fourth-order valence-electron chi connectivity index (χ4n) is 1.33. The molecule has 0 unspecified atom stereocenters. The third-order valence-electron chi connectivity index (χ3n) is 2.10. The van der Waals surface area contributed by atoms with Crippen molar-refractivity contribution in [2.24, 2.45) is 5.73 Å². The van der Waals surface area contributed by atoms with Crippen LogP contribution in [0.2, 0.25) is 0 Å². The Morgan fingerprint density at radius 3 is 2.67 bits per heavy atom. The Morgan fingerprint density at radius 1 is 1.50 bits per heavy atom. The van der Waals surface area contributed by atoms with Gasteiger partial charge in [-0.15, -0.1) is 0 Å². The summed E-state index contributed by atoms with van der Waals surface area (Å²) in [5, 5.41) is 0. The molecule has 2 N–H and O–H groups in total. The minimum Gasteiger partial charge on any atom is -0.326 e. The molecular weight excluding hydrogens is 152 g/mol. The van der Waals surface area contributed by atoms with Crippen LogP contribution < -0.4 is 11.3 Å². The molecule has 0 saturated carbocycles. The van der Waals surface area contributed by atoms with Gasteiger partial charge < -0.3 is 10.3 Å². The van der Waals surface area contributed by atoms with Gasteiger partial charge in [-0.3, -0.25) is 4.79 Å². The summed E-state index contributed by atoms with van der Waals surface area (Å²) in [5.41, 5.74) is 7.57. The second-order valence-electron chi connectivity index (χ2n) is 2.73. The van der Waals surface area contributed by atoms with Gasteiger partial charge in [0.1, 0.15) is 0 Å². The summed E-state index contributed by atoms with van der Waals surface area (Å²) in [6.07, 6.45) is 0. The van der Waals surface area contributed by atoms with Crippen LogP contribution in [0.3, 0.4) is 0 Å². The van der Waals surface area contributed by atoms with Crippen molar-refractivity contribution in [2.75, 3.05) is 0 Å². The van der Waals surface area contributed by atoms with E-state index in [9.17, 15) is 4.79 Å². The first-order chi connectivity index (χ1) is 5.70. The zero-order valence-electron chi connectivity index (χ0n) is 7.50. The largest absolute Gasteiger partial charge is 0.326 e. The standard InChI is InChI=1S/C9H14N2O/c1-3-11-7(2)8(6-10)4-5-9(11)12/h4-5H,3,6,10H2,1-2H3. The van der Waals surface area contributed by atoms with Crippen LogP contribution in [0.5, 0.6) is 0 Å². The summed E-state index contributed by atoms with van der Waals surface area (Å²) in [6, 6.07) is 3.36. The minimum absolute atomic E-state index is 0.0483. The lowest BCUT2D eigenvalue weighted by molar-refractivity contribution is 0.689. The highest BCUT2D eigenvalue weighted by Crippen LogP contribution is 2.02. The molecule has 0 aliphatic carbocycles. The fraction of sp³-hybridized carbons (Fsp3) is 0.444. The van der Waals surface area contributed by atoms with Gasteiger partial charge in [0.05, 0.1) is 0 Å². The first-order valence-electron chi connectivity index (χ1n) is 4.10. The van der Waals surface area contributed by atoms with Crippen molar-refractivity contribution >= 4 is 0 Å². The van der Waals surface area contributed by atoms with Crippen molar-refractivity contribution in [2.45, 2.75) is 26.9 Å². The predicted molar refractivity (Wildman–Crippen MR) is 49.0 cm³/mol. The highest BCUT2D eigenvalue weighted by atomic mass is 16.1. The number of pyridine rings is 1. The van der Waals surface area contributed by atoms with E-state index in [1.54, 1.807) is 16.7 Å². The molecule has 0 fully saturated rings. The molecule has 0 aromatic carbocycles. The van der Waals surface area contributed by atoms with Crippen molar-refractivity contribution in [1.82, 2.24) is 4.57 Å². The molecule has 0 saturated heterocycles.